The van der Waals surface area contributed by atoms with Crippen LogP contribution in [-0.4, -0.2) is 72.4 Å². The predicted molar refractivity (Wildman–Crippen MR) is 114 cm³/mol. The maximum Gasteiger partial charge on any atom is 0.419 e. The highest BCUT2D eigenvalue weighted by Crippen LogP contribution is 2.22. The van der Waals surface area contributed by atoms with Crippen molar-refractivity contribution in [3.8, 4) is 0 Å². The first-order valence-corrected chi connectivity index (χ1v) is 11.0. The van der Waals surface area contributed by atoms with Crippen LogP contribution in [0.5, 0.6) is 0 Å². The number of aryl methyl sites for hydroxylation is 1. The fraction of sp³-hybridized carbons (Fsp3) is 0.619. The topological polar surface area (TPSA) is 129 Å². The number of carbonyl (C=O) groups excluding carboxylic acids is 1. The molecule has 2 saturated heterocycles. The Hall–Kier alpha value is -2.76. The molecule has 1 aromatic heterocycles. The van der Waals surface area contributed by atoms with Gasteiger partial charge in [-0.15, -0.1) is 0 Å². The van der Waals surface area contributed by atoms with Crippen LogP contribution in [0, 0.1) is 16.0 Å². The zero-order valence-electron chi connectivity index (χ0n) is 17.9. The van der Waals surface area contributed by atoms with E-state index in [-0.39, 0.29) is 29.6 Å². The number of aromatic nitrogens is 1. The van der Waals surface area contributed by atoms with Gasteiger partial charge >= 0.3 is 5.76 Å². The predicted octanol–water partition coefficient (Wildman–Crippen LogP) is 1.14. The number of fused-ring (bicyclic) bond motifs is 1. The first-order chi connectivity index (χ1) is 15.5. The normalized spacial score (nSPS) is 20.4. The molecule has 2 atom stereocenters. The molecule has 11 heteroatoms. The van der Waals surface area contributed by atoms with Crippen LogP contribution in [0.15, 0.2) is 27.4 Å². The van der Waals surface area contributed by atoms with Crippen LogP contribution in [0.4, 0.5) is 5.69 Å². The van der Waals surface area contributed by atoms with Crippen molar-refractivity contribution < 1.29 is 23.6 Å². The van der Waals surface area contributed by atoms with Gasteiger partial charge in [-0.2, -0.15) is 0 Å². The molecule has 0 bridgehead atoms. The fourth-order valence-corrected chi connectivity index (χ4v) is 4.44. The van der Waals surface area contributed by atoms with Crippen molar-refractivity contribution >= 4 is 22.7 Å². The van der Waals surface area contributed by atoms with Crippen LogP contribution < -0.4 is 11.1 Å². The lowest BCUT2D eigenvalue weighted by Crippen LogP contribution is -2.52. The molecule has 0 radical (unpaired) electrons. The van der Waals surface area contributed by atoms with E-state index in [1.54, 1.807) is 0 Å². The van der Waals surface area contributed by atoms with Gasteiger partial charge in [-0.1, -0.05) is 0 Å². The van der Waals surface area contributed by atoms with E-state index in [9.17, 15) is 19.7 Å². The zero-order chi connectivity index (χ0) is 22.5. The maximum atomic E-state index is 12.5. The van der Waals surface area contributed by atoms with E-state index in [4.69, 9.17) is 13.9 Å². The van der Waals surface area contributed by atoms with Gasteiger partial charge in [0.1, 0.15) is 0 Å². The molecule has 32 heavy (non-hydrogen) atoms. The Morgan fingerprint density at radius 2 is 2.06 bits per heavy atom. The number of nitro groups is 1. The maximum absolute atomic E-state index is 12.5. The van der Waals surface area contributed by atoms with E-state index >= 15 is 0 Å². The third kappa shape index (κ3) is 5.17. The number of benzene rings is 1. The Balaban J connectivity index is 1.30. The number of nitro benzene ring substituents is 1. The number of nitrogens with one attached hydrogen (secondary N) is 1. The molecule has 2 aliphatic heterocycles. The highest BCUT2D eigenvalue weighted by molar-refractivity contribution is 5.76. The number of amides is 1. The van der Waals surface area contributed by atoms with Crippen LogP contribution in [0.3, 0.4) is 0 Å². The van der Waals surface area contributed by atoms with Crippen LogP contribution in [0.25, 0.3) is 11.1 Å². The van der Waals surface area contributed by atoms with E-state index in [2.05, 4.69) is 10.2 Å². The Morgan fingerprint density at radius 3 is 2.78 bits per heavy atom. The molecule has 4 rings (SSSR count). The van der Waals surface area contributed by atoms with E-state index < -0.39 is 10.7 Å². The summed E-state index contributed by atoms with van der Waals surface area (Å²) in [6, 6.07) is 4.29. The van der Waals surface area contributed by atoms with Gasteiger partial charge in [-0.3, -0.25) is 24.4 Å². The molecule has 2 unspecified atom stereocenters. The first kappa shape index (κ1) is 22.4. The number of rotatable bonds is 9. The van der Waals surface area contributed by atoms with Gasteiger partial charge in [-0.05, 0) is 18.9 Å². The average Bonchev–Trinajstić information content (AvgIpc) is 3.42. The molecule has 2 aromatic rings. The summed E-state index contributed by atoms with van der Waals surface area (Å²) in [4.78, 5) is 37.3. The summed E-state index contributed by atoms with van der Waals surface area (Å²) >= 11 is 0. The van der Waals surface area contributed by atoms with E-state index in [0.717, 1.165) is 26.1 Å². The lowest BCUT2D eigenvalue weighted by molar-refractivity contribution is -0.384. The number of hydrogen-bond donors (Lipinski definition) is 1. The fourth-order valence-electron chi connectivity index (χ4n) is 4.44. The van der Waals surface area contributed by atoms with Crippen molar-refractivity contribution in [3.05, 3.63) is 38.9 Å². The number of non-ortho nitro benzene ring substituents is 1. The van der Waals surface area contributed by atoms with Crippen molar-refractivity contribution in [2.75, 3.05) is 46.1 Å². The number of nitrogens with zero attached hydrogens (tertiary/aromatic N) is 3. The van der Waals surface area contributed by atoms with Crippen LogP contribution in [0.1, 0.15) is 19.3 Å². The van der Waals surface area contributed by atoms with E-state index in [0.29, 0.717) is 50.8 Å². The SMILES string of the molecule is O=C(CCCn1c(=O)oc2cc([N+](=O)[O-])ccc21)NCC(C1CCOC1)N1CCOCC1. The molecule has 1 aromatic carbocycles. The van der Waals surface area contributed by atoms with Crippen molar-refractivity contribution in [3.63, 3.8) is 0 Å². The average molecular weight is 448 g/mol. The molecular weight excluding hydrogens is 420 g/mol. The summed E-state index contributed by atoms with van der Waals surface area (Å²) in [5, 5.41) is 13.9. The largest absolute Gasteiger partial charge is 0.419 e. The first-order valence-electron chi connectivity index (χ1n) is 11.0. The molecule has 1 N–H and O–H groups in total. The number of hydrogen-bond acceptors (Lipinski definition) is 8. The Bertz CT molecular complexity index is 1010. The molecular formula is C21H28N4O7. The van der Waals surface area contributed by atoms with Crippen molar-refractivity contribution in [1.29, 1.82) is 0 Å². The van der Waals surface area contributed by atoms with Gasteiger partial charge in [-0.25, -0.2) is 4.79 Å². The summed E-state index contributed by atoms with van der Waals surface area (Å²) in [6.45, 7) is 5.44. The van der Waals surface area contributed by atoms with Crippen LogP contribution in [0.2, 0.25) is 0 Å². The highest BCUT2D eigenvalue weighted by atomic mass is 16.6. The van der Waals surface area contributed by atoms with Crippen LogP contribution in [-0.2, 0) is 20.8 Å². The summed E-state index contributed by atoms with van der Waals surface area (Å²) in [6.07, 6.45) is 1.71. The van der Waals surface area contributed by atoms with Gasteiger partial charge in [0.2, 0.25) is 5.91 Å². The molecule has 0 spiro atoms. The second-order valence-electron chi connectivity index (χ2n) is 8.18. The third-order valence-electron chi connectivity index (χ3n) is 6.18. The minimum absolute atomic E-state index is 0.0707. The molecule has 3 heterocycles. The summed E-state index contributed by atoms with van der Waals surface area (Å²) < 4.78 is 17.5. The molecule has 174 valence electrons. The Morgan fingerprint density at radius 1 is 1.25 bits per heavy atom. The molecule has 2 fully saturated rings. The van der Waals surface area contributed by atoms with Crippen LogP contribution >= 0.6 is 0 Å². The van der Waals surface area contributed by atoms with Gasteiger partial charge in [0.15, 0.2) is 5.58 Å². The lowest BCUT2D eigenvalue weighted by atomic mass is 9.97. The second-order valence-corrected chi connectivity index (χ2v) is 8.18. The summed E-state index contributed by atoms with van der Waals surface area (Å²) in [5.74, 6) is -0.262. The van der Waals surface area contributed by atoms with Gasteiger partial charge in [0.05, 0.1) is 36.3 Å². The quantitative estimate of drug-likeness (QED) is 0.447. The van der Waals surface area contributed by atoms with E-state index in [1.807, 2.05) is 0 Å². The molecule has 1 amide bonds. The van der Waals surface area contributed by atoms with Crippen molar-refractivity contribution in [2.24, 2.45) is 5.92 Å². The monoisotopic (exact) mass is 448 g/mol. The van der Waals surface area contributed by atoms with E-state index in [1.165, 1.54) is 22.8 Å². The minimum Gasteiger partial charge on any atom is -0.407 e. The summed E-state index contributed by atoms with van der Waals surface area (Å²) in [7, 11) is 0. The zero-order valence-corrected chi connectivity index (χ0v) is 17.9. The molecule has 0 saturated carbocycles. The number of carbonyl (C=O) groups is 1. The molecule has 11 nitrogen and oxygen atoms in total. The van der Waals surface area contributed by atoms with Crippen molar-refractivity contribution in [2.45, 2.75) is 31.8 Å². The lowest BCUT2D eigenvalue weighted by Gasteiger charge is -2.37. The van der Waals surface area contributed by atoms with Gasteiger partial charge in [0, 0.05) is 57.2 Å². The second kappa shape index (κ2) is 10.2. The summed E-state index contributed by atoms with van der Waals surface area (Å²) in [5.41, 5.74) is 0.510. The number of ether oxygens (including phenoxy) is 2. The number of morpholine rings is 1. The standard InChI is InChI=1S/C21H28N4O7/c26-20(22-13-18(15-5-9-31-14-15)23-7-10-30-11-8-23)2-1-6-24-17-4-3-16(25(28)29)12-19(17)32-21(24)27/h3-4,12,15,18H,1-2,5-11,13-14H2,(H,22,26). The minimum atomic E-state index is -0.588. The van der Waals surface area contributed by atoms with Crippen molar-refractivity contribution in [1.82, 2.24) is 14.8 Å². The number of oxazole rings is 1. The third-order valence-corrected chi connectivity index (χ3v) is 6.18. The Kier molecular flexibility index (Phi) is 7.18. The highest BCUT2D eigenvalue weighted by Gasteiger charge is 2.31. The molecule has 2 aliphatic rings. The Labute approximate surface area is 184 Å². The van der Waals surface area contributed by atoms with Gasteiger partial charge < -0.3 is 19.2 Å². The molecule has 0 aliphatic carbocycles. The van der Waals surface area contributed by atoms with Gasteiger partial charge in [0.25, 0.3) is 5.69 Å². The smallest absolute Gasteiger partial charge is 0.407 e.